The first kappa shape index (κ1) is 11.6. The van der Waals surface area contributed by atoms with E-state index in [1.54, 1.807) is 0 Å². The number of thioether (sulfide) groups is 1. The van der Waals surface area contributed by atoms with Gasteiger partial charge in [0.15, 0.2) is 0 Å². The molecule has 0 aromatic rings. The Balaban J connectivity index is 1.40. The Kier molecular flexibility index (Phi) is 2.50. The molecule has 1 aliphatic heterocycles. The molecule has 1 amide bonds. The first-order valence-electron chi connectivity index (χ1n) is 7.30. The Labute approximate surface area is 112 Å². The van der Waals surface area contributed by atoms with Gasteiger partial charge in [-0.3, -0.25) is 4.79 Å². The molecule has 3 saturated carbocycles. The molecule has 4 unspecified atom stereocenters. The van der Waals surface area contributed by atoms with Crippen molar-refractivity contribution < 1.29 is 9.90 Å². The van der Waals surface area contributed by atoms with Crippen molar-refractivity contribution in [2.24, 2.45) is 23.7 Å². The molecule has 3 aliphatic carbocycles. The number of carbonyl (C=O) groups excluding carboxylic acids is 1. The molecular formula is C14H21NO2S. The number of fused-ring (bicyclic) bond motifs is 5. The Hall–Kier alpha value is -0.220. The van der Waals surface area contributed by atoms with Crippen LogP contribution in [-0.2, 0) is 4.79 Å². The van der Waals surface area contributed by atoms with E-state index >= 15 is 0 Å². The first-order chi connectivity index (χ1) is 8.69. The van der Waals surface area contributed by atoms with Crippen LogP contribution < -0.4 is 5.32 Å². The first-order valence-corrected chi connectivity index (χ1v) is 8.46. The minimum absolute atomic E-state index is 0.0819. The molecule has 4 heteroatoms. The summed E-state index contributed by atoms with van der Waals surface area (Å²) in [6, 6.07) is 0.405. The number of aliphatic hydroxyl groups is 1. The lowest BCUT2D eigenvalue weighted by Crippen LogP contribution is -2.50. The van der Waals surface area contributed by atoms with Crippen LogP contribution in [0.2, 0.25) is 0 Å². The van der Waals surface area contributed by atoms with Crippen molar-refractivity contribution >= 4 is 17.7 Å². The van der Waals surface area contributed by atoms with Gasteiger partial charge in [0.25, 0.3) is 5.91 Å². The summed E-state index contributed by atoms with van der Waals surface area (Å²) in [5.74, 6) is 5.01. The van der Waals surface area contributed by atoms with E-state index in [2.05, 4.69) is 5.32 Å². The Morgan fingerprint density at radius 2 is 1.78 bits per heavy atom. The number of rotatable bonds is 2. The van der Waals surface area contributed by atoms with Crippen LogP contribution in [0.15, 0.2) is 0 Å². The third-order valence-corrected chi connectivity index (χ3v) is 6.76. The SMILES string of the molecule is O=C(NC1C2C3CCC(C3)C12)C1(O)CCSCC1. The normalized spacial score (nSPS) is 47.7. The number of hydrogen-bond donors (Lipinski definition) is 2. The molecule has 1 saturated heterocycles. The van der Waals surface area contributed by atoms with Crippen molar-refractivity contribution in [3.8, 4) is 0 Å². The summed E-state index contributed by atoms with van der Waals surface area (Å²) in [6.07, 6.45) is 5.40. The van der Waals surface area contributed by atoms with Crippen molar-refractivity contribution in [3.63, 3.8) is 0 Å². The molecule has 1 heterocycles. The van der Waals surface area contributed by atoms with Gasteiger partial charge in [-0.15, -0.1) is 0 Å². The zero-order valence-electron chi connectivity index (χ0n) is 10.6. The van der Waals surface area contributed by atoms with E-state index < -0.39 is 5.60 Å². The van der Waals surface area contributed by atoms with Crippen molar-refractivity contribution in [3.05, 3.63) is 0 Å². The standard InChI is InChI=1S/C14H21NO2S/c16-13(14(17)3-5-18-6-4-14)15-12-10-8-1-2-9(7-8)11(10)12/h8-12,17H,1-7H2,(H,15,16). The van der Waals surface area contributed by atoms with E-state index in [0.717, 1.165) is 35.2 Å². The van der Waals surface area contributed by atoms with Gasteiger partial charge in [-0.05, 0) is 67.3 Å². The number of hydrogen-bond acceptors (Lipinski definition) is 3. The fourth-order valence-electron chi connectivity index (χ4n) is 4.74. The van der Waals surface area contributed by atoms with E-state index in [4.69, 9.17) is 0 Å². The maximum atomic E-state index is 12.3. The highest BCUT2D eigenvalue weighted by molar-refractivity contribution is 7.99. The third kappa shape index (κ3) is 1.58. The van der Waals surface area contributed by atoms with Gasteiger partial charge in [0.2, 0.25) is 0 Å². The average molecular weight is 267 g/mol. The van der Waals surface area contributed by atoms with Crippen LogP contribution >= 0.6 is 11.8 Å². The van der Waals surface area contributed by atoms with Gasteiger partial charge in [-0.1, -0.05) is 0 Å². The highest BCUT2D eigenvalue weighted by Crippen LogP contribution is 2.65. The summed E-state index contributed by atoms with van der Waals surface area (Å²) in [4.78, 5) is 12.3. The Morgan fingerprint density at radius 1 is 1.17 bits per heavy atom. The van der Waals surface area contributed by atoms with Crippen molar-refractivity contribution in [2.75, 3.05) is 11.5 Å². The van der Waals surface area contributed by atoms with E-state index in [1.807, 2.05) is 11.8 Å². The third-order valence-electron chi connectivity index (χ3n) is 5.78. The van der Waals surface area contributed by atoms with Gasteiger partial charge >= 0.3 is 0 Å². The number of nitrogens with one attached hydrogen (secondary N) is 1. The van der Waals surface area contributed by atoms with Crippen LogP contribution in [0.5, 0.6) is 0 Å². The minimum Gasteiger partial charge on any atom is -0.380 e. The molecular weight excluding hydrogens is 246 g/mol. The Morgan fingerprint density at radius 3 is 2.39 bits per heavy atom. The van der Waals surface area contributed by atoms with Crippen LogP contribution in [0.4, 0.5) is 0 Å². The second-order valence-electron chi connectivity index (χ2n) is 6.63. The maximum absolute atomic E-state index is 12.3. The number of amides is 1. The van der Waals surface area contributed by atoms with E-state index in [1.165, 1.54) is 19.3 Å². The predicted octanol–water partition coefficient (Wildman–Crippen LogP) is 1.41. The number of carbonyl (C=O) groups is 1. The smallest absolute Gasteiger partial charge is 0.252 e. The molecule has 4 fully saturated rings. The van der Waals surface area contributed by atoms with Crippen molar-refractivity contribution in [2.45, 2.75) is 43.7 Å². The molecule has 18 heavy (non-hydrogen) atoms. The van der Waals surface area contributed by atoms with Crippen LogP contribution in [0.25, 0.3) is 0 Å². The monoisotopic (exact) mass is 267 g/mol. The average Bonchev–Trinajstić information content (AvgIpc) is 2.78. The molecule has 0 spiro atoms. The molecule has 100 valence electrons. The minimum atomic E-state index is -1.07. The zero-order chi connectivity index (χ0) is 12.3. The fraction of sp³-hybridized carbons (Fsp3) is 0.929. The lowest BCUT2D eigenvalue weighted by atomic mass is 9.95. The van der Waals surface area contributed by atoms with Crippen LogP contribution in [0.1, 0.15) is 32.1 Å². The van der Waals surface area contributed by atoms with E-state index in [-0.39, 0.29) is 5.91 Å². The molecule has 3 nitrogen and oxygen atoms in total. The summed E-state index contributed by atoms with van der Waals surface area (Å²) < 4.78 is 0. The Bertz CT molecular complexity index is 364. The molecule has 0 aromatic carbocycles. The maximum Gasteiger partial charge on any atom is 0.252 e. The highest BCUT2D eigenvalue weighted by atomic mass is 32.2. The van der Waals surface area contributed by atoms with Gasteiger partial charge < -0.3 is 10.4 Å². The van der Waals surface area contributed by atoms with Crippen LogP contribution in [0.3, 0.4) is 0 Å². The lowest BCUT2D eigenvalue weighted by Gasteiger charge is -2.30. The van der Waals surface area contributed by atoms with Gasteiger partial charge in [0.05, 0.1) is 0 Å². The lowest BCUT2D eigenvalue weighted by molar-refractivity contribution is -0.140. The van der Waals surface area contributed by atoms with Gasteiger partial charge in [0.1, 0.15) is 5.60 Å². The molecule has 2 N–H and O–H groups in total. The fourth-order valence-corrected chi connectivity index (χ4v) is 5.91. The summed E-state index contributed by atoms with van der Waals surface area (Å²) in [5.41, 5.74) is -1.07. The topological polar surface area (TPSA) is 49.3 Å². The summed E-state index contributed by atoms with van der Waals surface area (Å²) in [6.45, 7) is 0. The molecule has 2 bridgehead atoms. The van der Waals surface area contributed by atoms with Crippen molar-refractivity contribution in [1.82, 2.24) is 5.32 Å². The van der Waals surface area contributed by atoms with Gasteiger partial charge in [0, 0.05) is 6.04 Å². The quantitative estimate of drug-likeness (QED) is 0.795. The molecule has 0 radical (unpaired) electrons. The summed E-state index contributed by atoms with van der Waals surface area (Å²) in [5, 5.41) is 13.6. The summed E-state index contributed by atoms with van der Waals surface area (Å²) in [7, 11) is 0. The van der Waals surface area contributed by atoms with Crippen molar-refractivity contribution in [1.29, 1.82) is 0 Å². The second-order valence-corrected chi connectivity index (χ2v) is 7.86. The molecule has 4 atom stereocenters. The second kappa shape index (κ2) is 3.89. The van der Waals surface area contributed by atoms with E-state index in [9.17, 15) is 9.90 Å². The molecule has 4 rings (SSSR count). The zero-order valence-corrected chi connectivity index (χ0v) is 11.4. The van der Waals surface area contributed by atoms with Gasteiger partial charge in [-0.25, -0.2) is 0 Å². The van der Waals surface area contributed by atoms with E-state index in [0.29, 0.717) is 18.9 Å². The molecule has 4 aliphatic rings. The highest BCUT2D eigenvalue weighted by Gasteiger charge is 2.65. The van der Waals surface area contributed by atoms with Crippen LogP contribution in [0, 0.1) is 23.7 Å². The predicted molar refractivity (Wildman–Crippen MR) is 71.3 cm³/mol. The van der Waals surface area contributed by atoms with Crippen LogP contribution in [-0.4, -0.2) is 34.2 Å². The largest absolute Gasteiger partial charge is 0.380 e. The summed E-state index contributed by atoms with van der Waals surface area (Å²) >= 11 is 1.84. The molecule has 0 aromatic heterocycles. The van der Waals surface area contributed by atoms with Gasteiger partial charge in [-0.2, -0.15) is 11.8 Å².